The normalized spacial score (nSPS) is 18.3. The van der Waals surface area contributed by atoms with Crippen LogP contribution in [0.25, 0.3) is 0 Å². The van der Waals surface area contributed by atoms with Crippen LogP contribution in [0.15, 0.2) is 18.3 Å². The second kappa shape index (κ2) is 5.61. The van der Waals surface area contributed by atoms with Gasteiger partial charge in [-0.3, -0.25) is 4.79 Å². The number of amides is 1. The minimum atomic E-state index is -0.144. The summed E-state index contributed by atoms with van der Waals surface area (Å²) in [5.74, 6) is -0.144. The largest absolute Gasteiger partial charge is 0.376 e. The minimum absolute atomic E-state index is 0.136. The molecule has 1 amide bonds. The van der Waals surface area contributed by atoms with Crippen LogP contribution < -0.4 is 0 Å². The molecular formula is C13H15N3O2. The molecule has 1 aliphatic rings. The molecule has 0 spiro atoms. The molecule has 1 atom stereocenters. The SMILES string of the molecule is CN(CC1CCCO1)C(=O)c1ccc(C#N)cn1. The Morgan fingerprint density at radius 1 is 1.67 bits per heavy atom. The third kappa shape index (κ3) is 2.84. The second-order valence-electron chi connectivity index (χ2n) is 4.36. The number of hydrogen-bond donors (Lipinski definition) is 0. The third-order valence-corrected chi connectivity index (χ3v) is 2.96. The Morgan fingerprint density at radius 3 is 3.06 bits per heavy atom. The van der Waals surface area contributed by atoms with Crippen molar-refractivity contribution in [3.63, 3.8) is 0 Å². The smallest absolute Gasteiger partial charge is 0.272 e. The number of pyridine rings is 1. The van der Waals surface area contributed by atoms with Crippen molar-refractivity contribution in [2.24, 2.45) is 0 Å². The number of nitrogens with zero attached hydrogens (tertiary/aromatic N) is 3. The maximum Gasteiger partial charge on any atom is 0.272 e. The lowest BCUT2D eigenvalue weighted by Gasteiger charge is -2.20. The Bertz CT molecular complexity index is 458. The van der Waals surface area contributed by atoms with Crippen molar-refractivity contribution in [2.45, 2.75) is 18.9 Å². The van der Waals surface area contributed by atoms with E-state index in [9.17, 15) is 4.79 Å². The molecule has 1 unspecified atom stereocenters. The number of ether oxygens (including phenoxy) is 1. The fourth-order valence-corrected chi connectivity index (χ4v) is 1.96. The summed E-state index contributed by atoms with van der Waals surface area (Å²) in [6, 6.07) is 5.15. The van der Waals surface area contributed by atoms with Gasteiger partial charge in [-0.15, -0.1) is 0 Å². The monoisotopic (exact) mass is 245 g/mol. The quantitative estimate of drug-likeness (QED) is 0.802. The Balaban J connectivity index is 1.98. The van der Waals surface area contributed by atoms with E-state index >= 15 is 0 Å². The molecule has 94 valence electrons. The van der Waals surface area contributed by atoms with E-state index < -0.39 is 0 Å². The summed E-state index contributed by atoms with van der Waals surface area (Å²) in [4.78, 5) is 17.7. The van der Waals surface area contributed by atoms with Gasteiger partial charge >= 0.3 is 0 Å². The predicted molar refractivity (Wildman–Crippen MR) is 64.9 cm³/mol. The van der Waals surface area contributed by atoms with Crippen molar-refractivity contribution in [2.75, 3.05) is 20.2 Å². The first-order valence-electron chi connectivity index (χ1n) is 5.94. The van der Waals surface area contributed by atoms with Gasteiger partial charge in [0.2, 0.25) is 0 Å². The molecule has 1 aliphatic heterocycles. The average Bonchev–Trinajstić information content (AvgIpc) is 2.91. The van der Waals surface area contributed by atoms with E-state index in [1.54, 1.807) is 24.1 Å². The summed E-state index contributed by atoms with van der Waals surface area (Å²) in [5, 5.41) is 8.66. The van der Waals surface area contributed by atoms with Gasteiger partial charge in [-0.1, -0.05) is 0 Å². The average molecular weight is 245 g/mol. The van der Waals surface area contributed by atoms with E-state index in [1.807, 2.05) is 6.07 Å². The maximum atomic E-state index is 12.1. The van der Waals surface area contributed by atoms with E-state index in [1.165, 1.54) is 6.20 Å². The Kier molecular flexibility index (Phi) is 3.90. The van der Waals surface area contributed by atoms with Crippen molar-refractivity contribution in [3.05, 3.63) is 29.6 Å². The number of aromatic nitrogens is 1. The van der Waals surface area contributed by atoms with Crippen molar-refractivity contribution >= 4 is 5.91 Å². The molecule has 5 nitrogen and oxygen atoms in total. The first-order chi connectivity index (χ1) is 8.70. The molecule has 2 rings (SSSR count). The molecule has 5 heteroatoms. The molecule has 0 N–H and O–H groups in total. The highest BCUT2D eigenvalue weighted by molar-refractivity contribution is 5.92. The zero-order valence-electron chi connectivity index (χ0n) is 10.3. The number of hydrogen-bond acceptors (Lipinski definition) is 4. The van der Waals surface area contributed by atoms with Crippen molar-refractivity contribution in [1.29, 1.82) is 5.26 Å². The van der Waals surface area contributed by atoms with Gasteiger partial charge in [0, 0.05) is 26.4 Å². The molecule has 0 aromatic carbocycles. The molecule has 1 fully saturated rings. The molecule has 1 aromatic rings. The van der Waals surface area contributed by atoms with Crippen molar-refractivity contribution in [1.82, 2.24) is 9.88 Å². The molecule has 18 heavy (non-hydrogen) atoms. The van der Waals surface area contributed by atoms with Gasteiger partial charge in [0.05, 0.1) is 11.7 Å². The second-order valence-corrected chi connectivity index (χ2v) is 4.36. The summed E-state index contributed by atoms with van der Waals surface area (Å²) >= 11 is 0. The number of carbonyl (C=O) groups excluding carboxylic acids is 1. The summed E-state index contributed by atoms with van der Waals surface area (Å²) in [5.41, 5.74) is 0.808. The van der Waals surface area contributed by atoms with Crippen LogP contribution in [0.1, 0.15) is 28.9 Å². The molecule has 0 radical (unpaired) electrons. The van der Waals surface area contributed by atoms with Gasteiger partial charge in [-0.2, -0.15) is 5.26 Å². The molecular weight excluding hydrogens is 230 g/mol. The zero-order valence-corrected chi connectivity index (χ0v) is 10.3. The standard InChI is InChI=1S/C13H15N3O2/c1-16(9-11-3-2-6-18-11)13(17)12-5-4-10(7-14)8-15-12/h4-5,8,11H,2-3,6,9H2,1H3. The van der Waals surface area contributed by atoms with Crippen molar-refractivity contribution in [3.8, 4) is 6.07 Å². The maximum absolute atomic E-state index is 12.1. The number of likely N-dealkylation sites (N-methyl/N-ethyl adjacent to an activating group) is 1. The lowest BCUT2D eigenvalue weighted by Crippen LogP contribution is -2.34. The van der Waals surface area contributed by atoms with E-state index in [2.05, 4.69) is 4.98 Å². The Morgan fingerprint density at radius 2 is 2.50 bits per heavy atom. The molecule has 0 bridgehead atoms. The summed E-state index contributed by atoms with van der Waals surface area (Å²) in [6.07, 6.45) is 3.60. The molecule has 0 aliphatic carbocycles. The minimum Gasteiger partial charge on any atom is -0.376 e. The van der Waals surface area contributed by atoms with Gasteiger partial charge in [0.1, 0.15) is 11.8 Å². The van der Waals surface area contributed by atoms with Crippen LogP contribution in [0, 0.1) is 11.3 Å². The van der Waals surface area contributed by atoms with Gasteiger partial charge < -0.3 is 9.64 Å². The summed E-state index contributed by atoms with van der Waals surface area (Å²) < 4.78 is 5.49. The van der Waals surface area contributed by atoms with Crippen molar-refractivity contribution < 1.29 is 9.53 Å². The Labute approximate surface area is 106 Å². The zero-order chi connectivity index (χ0) is 13.0. The van der Waals surface area contributed by atoms with E-state index in [0.29, 0.717) is 17.8 Å². The van der Waals surface area contributed by atoms with Crippen LogP contribution in [-0.2, 0) is 4.74 Å². The molecule has 1 aromatic heterocycles. The summed E-state index contributed by atoms with van der Waals surface area (Å²) in [6.45, 7) is 1.36. The van der Waals surface area contributed by atoms with Gasteiger partial charge in [0.25, 0.3) is 5.91 Å². The molecule has 0 saturated carbocycles. The van der Waals surface area contributed by atoms with E-state index in [4.69, 9.17) is 10.00 Å². The fraction of sp³-hybridized carbons (Fsp3) is 0.462. The fourth-order valence-electron chi connectivity index (χ4n) is 1.96. The highest BCUT2D eigenvalue weighted by atomic mass is 16.5. The van der Waals surface area contributed by atoms with E-state index in [0.717, 1.165) is 19.4 Å². The first-order valence-corrected chi connectivity index (χ1v) is 5.94. The Hall–Kier alpha value is -1.93. The lowest BCUT2D eigenvalue weighted by atomic mass is 10.2. The van der Waals surface area contributed by atoms with Gasteiger partial charge in [0.15, 0.2) is 0 Å². The van der Waals surface area contributed by atoms with Crippen LogP contribution in [-0.4, -0.2) is 42.1 Å². The summed E-state index contributed by atoms with van der Waals surface area (Å²) in [7, 11) is 1.74. The predicted octanol–water partition coefficient (Wildman–Crippen LogP) is 1.20. The van der Waals surface area contributed by atoms with Crippen LogP contribution >= 0.6 is 0 Å². The van der Waals surface area contributed by atoms with Crippen LogP contribution in [0.3, 0.4) is 0 Å². The van der Waals surface area contributed by atoms with Crippen LogP contribution in [0.5, 0.6) is 0 Å². The highest BCUT2D eigenvalue weighted by Gasteiger charge is 2.21. The number of nitriles is 1. The molecule has 2 heterocycles. The van der Waals surface area contributed by atoms with Gasteiger partial charge in [-0.25, -0.2) is 4.98 Å². The molecule has 1 saturated heterocycles. The van der Waals surface area contributed by atoms with Crippen LogP contribution in [0.2, 0.25) is 0 Å². The third-order valence-electron chi connectivity index (χ3n) is 2.96. The number of rotatable bonds is 3. The van der Waals surface area contributed by atoms with Crippen LogP contribution in [0.4, 0.5) is 0 Å². The topological polar surface area (TPSA) is 66.2 Å². The number of carbonyl (C=O) groups is 1. The highest BCUT2D eigenvalue weighted by Crippen LogP contribution is 2.13. The first kappa shape index (κ1) is 12.5. The van der Waals surface area contributed by atoms with Gasteiger partial charge in [-0.05, 0) is 25.0 Å². The van der Waals surface area contributed by atoms with E-state index in [-0.39, 0.29) is 12.0 Å². The lowest BCUT2D eigenvalue weighted by molar-refractivity contribution is 0.0583.